The van der Waals surface area contributed by atoms with Gasteiger partial charge in [-0.25, -0.2) is 9.97 Å². The number of esters is 2. The average Bonchev–Trinajstić information content (AvgIpc) is 0.817. The SMILES string of the molecule is CC(=O)Nc1ccc(N)cc1.CC(=O)Nc1ccc2[nH]c(C)cc(=O)c2c1.CC(=O)Nc1ccc2nc(C)cc(N)c2c1.COC(=O)CC(C)=O.COC(=O)CC(C)Nc1ccc(NC(C)=O)cc1.COc1cc(C)nc2ccc(NC(C)=O)cc12.Cc1cc(Cl)nc(Cl)n1.Cc1cc(N)c2cc(N)ccc2n1. The molecule has 28 nitrogen and oxygen atoms in total. The number of carbonyl (C=O) groups excluding carboxylic acids is 8. The Hall–Kier alpha value is -12.8. The van der Waals surface area contributed by atoms with Gasteiger partial charge >= 0.3 is 11.9 Å². The zero-order chi connectivity index (χ0) is 80.5. The quantitative estimate of drug-likeness (QED) is 0.0178. The number of aromatic nitrogens is 6. The molecule has 5 amide bonds. The minimum absolute atomic E-state index is 0.0101. The van der Waals surface area contributed by atoms with Crippen molar-refractivity contribution in [2.45, 2.75) is 102 Å². The van der Waals surface area contributed by atoms with Gasteiger partial charge in [-0.3, -0.25) is 58.1 Å². The number of hydrogen-bond acceptors (Lipinski definition) is 22. The van der Waals surface area contributed by atoms with Crippen LogP contribution in [0, 0.1) is 34.6 Å². The normalized spacial score (nSPS) is 10.2. The summed E-state index contributed by atoms with van der Waals surface area (Å²) in [4.78, 5) is 121. The van der Waals surface area contributed by atoms with Crippen LogP contribution in [0.15, 0.2) is 156 Å². The highest BCUT2D eigenvalue weighted by molar-refractivity contribution is 6.31. The lowest BCUT2D eigenvalue weighted by atomic mass is 10.1. The van der Waals surface area contributed by atoms with Crippen molar-refractivity contribution in [1.82, 2.24) is 29.9 Å². The van der Waals surface area contributed by atoms with Crippen LogP contribution < -0.4 is 65.0 Å². The molecule has 11 aromatic rings. The predicted octanol–water partition coefficient (Wildman–Crippen LogP) is 13.6. The lowest BCUT2D eigenvalue weighted by molar-refractivity contribution is -0.143. The Morgan fingerprint density at radius 3 is 1.27 bits per heavy atom. The molecule has 108 heavy (non-hydrogen) atoms. The number of anilines is 10. The molecule has 0 spiro atoms. The molecule has 15 N–H and O–H groups in total. The molecular formula is C78H90Cl2N16O12. The number of rotatable bonds is 12. The second-order valence-electron chi connectivity index (χ2n) is 24.0. The fraction of sp³-hybridized carbons (Fsp3) is 0.231. The van der Waals surface area contributed by atoms with Crippen LogP contribution in [-0.4, -0.2) is 105 Å². The standard InChI is InChI=1S/C13H18N2O3.C13H14N2O2.C12H13N3O.C12H12N2O2.C10H11N3.C8H10N2O.C5H4Cl2N2.C5H8O3/c1-9(8-13(17)18-3)14-11-4-6-12(7-5-11)15-10(2)16;1-8-6-13(17-3)11-7-10(15-9(2)16)4-5-12(11)14-8;1-7-5-11(13)10-6-9(15-8(2)16)3-4-12(10)14-7;1-7-5-12(16)10-6-9(14-8(2)15)3-4-11(10)13-7;1-6-4-9(12)8-5-7(11)2-3-10(8)13-6;1-6(11)10-8-4-2-7(9)3-5-8;1-3-2-4(6)9-5(7)8-3;1-4(6)3-5(7)8-2/h4-7,9,14H,8H2,1-3H3,(H,15,16);4-7H,1-3H3,(H,15,16);3-6H,1-2H3,(H2,13,14)(H,15,16);3-6H,1-2H3,(H,13,16)(H,14,15);2-5H,11H2,1H3,(H2,12,13);2-5H,9H2,1H3,(H,10,11);2H,1H3;3H2,1-2H3. The molecule has 1 unspecified atom stereocenters. The number of nitrogens with one attached hydrogen (secondary N) is 7. The molecule has 1 atom stereocenters. The van der Waals surface area contributed by atoms with Crippen molar-refractivity contribution in [2.24, 2.45) is 0 Å². The summed E-state index contributed by atoms with van der Waals surface area (Å²) in [6.45, 7) is 19.9. The summed E-state index contributed by atoms with van der Waals surface area (Å²) in [7, 11) is 4.25. The Kier molecular flexibility index (Phi) is 35.2. The molecule has 568 valence electrons. The van der Waals surface area contributed by atoms with Crippen LogP contribution in [0.3, 0.4) is 0 Å². The molecular weight excluding hydrogens is 1420 g/mol. The fourth-order valence-electron chi connectivity index (χ4n) is 9.57. The second-order valence-corrected chi connectivity index (χ2v) is 24.7. The highest BCUT2D eigenvalue weighted by Gasteiger charge is 2.11. The van der Waals surface area contributed by atoms with Gasteiger partial charge in [0, 0.05) is 165 Å². The minimum Gasteiger partial charge on any atom is -0.496 e. The first kappa shape index (κ1) is 87.6. The zero-order valence-corrected chi connectivity index (χ0v) is 64.1. The monoisotopic (exact) mass is 1510 g/mol. The molecule has 11 rings (SSSR count). The van der Waals surface area contributed by atoms with E-state index in [1.807, 2.05) is 120 Å². The average molecular weight is 1510 g/mol. The van der Waals surface area contributed by atoms with Gasteiger partial charge in [-0.05, 0) is 200 Å². The number of fused-ring (bicyclic) bond motifs is 4. The highest BCUT2D eigenvalue weighted by Crippen LogP contribution is 2.29. The lowest BCUT2D eigenvalue weighted by Crippen LogP contribution is -2.20. The number of benzene rings is 6. The van der Waals surface area contributed by atoms with Gasteiger partial charge in [-0.1, -0.05) is 11.6 Å². The minimum atomic E-state index is -0.475. The molecule has 0 bridgehead atoms. The van der Waals surface area contributed by atoms with Crippen molar-refractivity contribution < 1.29 is 52.6 Å². The Balaban J connectivity index is 0.000000264. The summed E-state index contributed by atoms with van der Waals surface area (Å²) in [5, 5.41) is 20.4. The van der Waals surface area contributed by atoms with Gasteiger partial charge in [0.2, 0.25) is 34.8 Å². The van der Waals surface area contributed by atoms with Gasteiger partial charge in [0.15, 0.2) is 5.43 Å². The molecule has 0 fully saturated rings. The molecule has 0 radical (unpaired) electrons. The Bertz CT molecular complexity index is 4990. The van der Waals surface area contributed by atoms with Crippen molar-refractivity contribution >= 4 is 171 Å². The first-order valence-electron chi connectivity index (χ1n) is 33.0. The topological polar surface area (TPSA) is 438 Å². The van der Waals surface area contributed by atoms with Crippen LogP contribution in [0.4, 0.5) is 56.9 Å². The number of aryl methyl sites for hydroxylation is 5. The summed E-state index contributed by atoms with van der Waals surface area (Å²) in [6, 6.07) is 44.9. The number of carbonyl (C=O) groups is 8. The molecule has 0 aliphatic carbocycles. The van der Waals surface area contributed by atoms with Crippen LogP contribution in [-0.2, 0) is 47.8 Å². The summed E-state index contributed by atoms with van der Waals surface area (Å²) < 4.78 is 14.1. The van der Waals surface area contributed by atoms with Crippen molar-refractivity contribution in [2.75, 3.05) is 76.2 Å². The van der Waals surface area contributed by atoms with Crippen LogP contribution in [0.25, 0.3) is 43.6 Å². The largest absolute Gasteiger partial charge is 0.496 e. The maximum Gasteiger partial charge on any atom is 0.313 e. The first-order chi connectivity index (χ1) is 50.9. The summed E-state index contributed by atoms with van der Waals surface area (Å²) in [5.41, 5.74) is 37.8. The summed E-state index contributed by atoms with van der Waals surface area (Å²) in [6.07, 6.45) is 0.195. The number of ether oxygens (including phenoxy) is 3. The zero-order valence-electron chi connectivity index (χ0n) is 62.6. The maximum atomic E-state index is 11.7. The van der Waals surface area contributed by atoms with Crippen LogP contribution >= 0.6 is 23.2 Å². The third-order valence-corrected chi connectivity index (χ3v) is 14.3. The van der Waals surface area contributed by atoms with Crippen molar-refractivity contribution in [3.05, 3.63) is 201 Å². The Labute approximate surface area is 634 Å². The highest BCUT2D eigenvalue weighted by atomic mass is 35.5. The number of ketones is 1. The molecule has 5 aromatic heterocycles. The molecule has 6 aromatic carbocycles. The number of nitrogens with zero attached hydrogens (tertiary/aromatic N) is 5. The summed E-state index contributed by atoms with van der Waals surface area (Å²) in [5.74, 6) is -0.646. The van der Waals surface area contributed by atoms with E-state index in [-0.39, 0.29) is 64.5 Å². The molecule has 0 aliphatic rings. The first-order valence-corrected chi connectivity index (χ1v) is 33.8. The number of hydrogen-bond donors (Lipinski definition) is 11. The number of halogens is 2. The van der Waals surface area contributed by atoms with Gasteiger partial charge in [-0.15, -0.1) is 0 Å². The number of H-pyrrole nitrogens is 1. The van der Waals surface area contributed by atoms with Gasteiger partial charge in [0.05, 0.1) is 44.3 Å². The number of nitrogens with two attached hydrogens (primary N) is 4. The third-order valence-electron chi connectivity index (χ3n) is 14.0. The number of amides is 5. The molecule has 30 heteroatoms. The maximum absolute atomic E-state index is 11.7. The van der Waals surface area contributed by atoms with Crippen LogP contribution in [0.5, 0.6) is 5.75 Å². The number of aromatic amines is 1. The smallest absolute Gasteiger partial charge is 0.313 e. The van der Waals surface area contributed by atoms with Gasteiger partial charge < -0.3 is 74.0 Å². The Morgan fingerprint density at radius 2 is 0.824 bits per heavy atom. The number of nitrogen functional groups attached to an aromatic ring is 4. The van der Waals surface area contributed by atoms with E-state index in [4.69, 9.17) is 50.9 Å². The molecule has 0 saturated carbocycles. The number of Topliss-reactive ketones (excluding diaryl/α,β-unsaturated/α-hetero) is 1. The van der Waals surface area contributed by atoms with E-state index in [2.05, 4.69) is 71.3 Å². The molecule has 0 saturated heterocycles. The number of pyridine rings is 4. The van der Waals surface area contributed by atoms with E-state index in [1.165, 1.54) is 55.8 Å². The van der Waals surface area contributed by atoms with Gasteiger partial charge in [0.25, 0.3) is 0 Å². The van der Waals surface area contributed by atoms with Crippen molar-refractivity contribution in [3.8, 4) is 5.75 Å². The van der Waals surface area contributed by atoms with Gasteiger partial charge in [0.1, 0.15) is 23.1 Å². The van der Waals surface area contributed by atoms with E-state index in [0.29, 0.717) is 39.7 Å². The Morgan fingerprint density at radius 1 is 0.435 bits per heavy atom. The van der Waals surface area contributed by atoms with E-state index in [1.54, 1.807) is 80.8 Å². The van der Waals surface area contributed by atoms with Crippen LogP contribution in [0.2, 0.25) is 10.4 Å². The fourth-order valence-corrected chi connectivity index (χ4v) is 10.1. The third kappa shape index (κ3) is 32.0. The van der Waals surface area contributed by atoms with E-state index >= 15 is 0 Å². The van der Waals surface area contributed by atoms with E-state index in [0.717, 1.165) is 107 Å². The molecule has 0 aliphatic heterocycles. The second kappa shape index (κ2) is 43.5. The number of methoxy groups -OCH3 is 3. The predicted molar refractivity (Wildman–Crippen MR) is 431 cm³/mol. The van der Waals surface area contributed by atoms with Crippen molar-refractivity contribution in [3.63, 3.8) is 0 Å². The van der Waals surface area contributed by atoms with E-state index in [9.17, 15) is 43.2 Å². The van der Waals surface area contributed by atoms with Gasteiger partial charge in [-0.2, -0.15) is 0 Å². The van der Waals surface area contributed by atoms with Crippen LogP contribution in [0.1, 0.15) is 89.8 Å². The molecule has 5 heterocycles. The lowest BCUT2D eigenvalue weighted by Gasteiger charge is -2.14. The van der Waals surface area contributed by atoms with E-state index < -0.39 is 5.97 Å². The summed E-state index contributed by atoms with van der Waals surface area (Å²) >= 11 is 11.0. The van der Waals surface area contributed by atoms with Crippen molar-refractivity contribution in [1.29, 1.82) is 0 Å².